The van der Waals surface area contributed by atoms with Crippen molar-refractivity contribution in [2.75, 3.05) is 17.2 Å². The van der Waals surface area contributed by atoms with Gasteiger partial charge in [-0.3, -0.25) is 0 Å². The van der Waals surface area contributed by atoms with Gasteiger partial charge in [-0.05, 0) is 54.1 Å². The molecule has 0 unspecified atom stereocenters. The number of alkyl halides is 2. The molecule has 12 heteroatoms. The van der Waals surface area contributed by atoms with Crippen LogP contribution < -0.4 is 15.8 Å². The summed E-state index contributed by atoms with van der Waals surface area (Å²) >= 11 is 0. The van der Waals surface area contributed by atoms with Crippen LogP contribution in [0, 0.1) is 5.82 Å². The van der Waals surface area contributed by atoms with Crippen LogP contribution in [0.25, 0.3) is 22.3 Å². The van der Waals surface area contributed by atoms with Gasteiger partial charge in [0.25, 0.3) is 6.43 Å². The second-order valence-corrected chi connectivity index (χ2v) is 8.84. The van der Waals surface area contributed by atoms with Crippen LogP contribution in [0.2, 0.25) is 0 Å². The first-order valence-corrected chi connectivity index (χ1v) is 11.6. The summed E-state index contributed by atoms with van der Waals surface area (Å²) in [6, 6.07) is 15.0. The molecule has 0 amide bonds. The molecule has 4 N–H and O–H groups in total. The molecule has 0 fully saturated rings. The van der Waals surface area contributed by atoms with Gasteiger partial charge in [0.05, 0.1) is 22.7 Å². The summed E-state index contributed by atoms with van der Waals surface area (Å²) < 4.78 is 61.7. The number of nitrogens with two attached hydrogens (primary N) is 1. The van der Waals surface area contributed by atoms with Crippen LogP contribution >= 0.6 is 0 Å². The number of hydrogen-bond acceptors (Lipinski definition) is 7. The lowest BCUT2D eigenvalue weighted by Gasteiger charge is -2.12. The summed E-state index contributed by atoms with van der Waals surface area (Å²) in [5.74, 6) is -0.111. The molecule has 0 aliphatic carbocycles. The van der Waals surface area contributed by atoms with Gasteiger partial charge < -0.3 is 10.6 Å². The fourth-order valence-electron chi connectivity index (χ4n) is 3.15. The highest BCUT2D eigenvalue weighted by Crippen LogP contribution is 2.25. The summed E-state index contributed by atoms with van der Waals surface area (Å²) in [6.07, 6.45) is -2.61. The normalized spacial score (nSPS) is 11.7. The van der Waals surface area contributed by atoms with Gasteiger partial charge in [0.1, 0.15) is 11.3 Å². The number of sulfonamides is 1. The van der Waals surface area contributed by atoms with Crippen LogP contribution in [0.5, 0.6) is 0 Å². The average Bonchev–Trinajstić information content (AvgIpc) is 2.81. The van der Waals surface area contributed by atoms with Gasteiger partial charge in [-0.2, -0.15) is 4.98 Å². The second kappa shape index (κ2) is 9.61. The largest absolute Gasteiger partial charge is 0.362 e. The van der Waals surface area contributed by atoms with Crippen molar-refractivity contribution in [1.29, 1.82) is 0 Å². The fourth-order valence-corrected chi connectivity index (χ4v) is 3.67. The number of hydrogen-bond donors (Lipinski definition) is 3. The summed E-state index contributed by atoms with van der Waals surface area (Å²) in [6.45, 7) is -0.394. The Morgan fingerprint density at radius 1 is 0.882 bits per heavy atom. The van der Waals surface area contributed by atoms with Crippen molar-refractivity contribution in [1.82, 2.24) is 15.0 Å². The molecule has 176 valence electrons. The number of anilines is 2. The molecular formula is C22H19F3N6O2S. The molecule has 2 aromatic carbocycles. The molecule has 2 aromatic heterocycles. The van der Waals surface area contributed by atoms with Crippen LogP contribution in [-0.2, 0) is 16.6 Å². The molecule has 0 saturated heterocycles. The predicted molar refractivity (Wildman–Crippen MR) is 122 cm³/mol. The standard InChI is InChI=1S/C22H19F3N6O2S/c23-15-5-3-14(4-6-15)17-9-10-18-20(29-17)21(27-12-19(24)25)31-22(30-18)28-11-13-1-7-16(8-2-13)34(26,32)33/h1-10,19H,11-12H2,(H2,26,32,33)(H2,27,28,30,31). The predicted octanol–water partition coefficient (Wildman–Crippen LogP) is 3.77. The van der Waals surface area contributed by atoms with Crippen LogP contribution in [-0.4, -0.2) is 36.3 Å². The lowest BCUT2D eigenvalue weighted by molar-refractivity contribution is 0.163. The Labute approximate surface area is 193 Å². The first-order chi connectivity index (χ1) is 16.2. The van der Waals surface area contributed by atoms with Crippen LogP contribution in [0.3, 0.4) is 0 Å². The monoisotopic (exact) mass is 488 g/mol. The molecule has 0 radical (unpaired) electrons. The summed E-state index contributed by atoms with van der Waals surface area (Å²) in [5.41, 5.74) is 2.57. The number of rotatable bonds is 8. The van der Waals surface area contributed by atoms with Gasteiger partial charge in [-0.25, -0.2) is 36.7 Å². The van der Waals surface area contributed by atoms with Crippen molar-refractivity contribution in [2.24, 2.45) is 5.14 Å². The Kier molecular flexibility index (Phi) is 6.61. The lowest BCUT2D eigenvalue weighted by atomic mass is 10.1. The third-order valence-electron chi connectivity index (χ3n) is 4.81. The Morgan fingerprint density at radius 2 is 1.59 bits per heavy atom. The lowest BCUT2D eigenvalue weighted by Crippen LogP contribution is -2.14. The minimum atomic E-state index is -3.80. The average molecular weight is 488 g/mol. The van der Waals surface area contributed by atoms with Gasteiger partial charge in [0.15, 0.2) is 5.82 Å². The van der Waals surface area contributed by atoms with Crippen LogP contribution in [0.15, 0.2) is 65.6 Å². The number of nitrogens with zero attached hydrogens (tertiary/aromatic N) is 3. The number of nitrogens with one attached hydrogen (secondary N) is 2. The van der Waals surface area contributed by atoms with E-state index >= 15 is 0 Å². The zero-order chi connectivity index (χ0) is 24.3. The van der Waals surface area contributed by atoms with Crippen LogP contribution in [0.4, 0.5) is 24.9 Å². The van der Waals surface area contributed by atoms with Crippen LogP contribution in [0.1, 0.15) is 5.56 Å². The van der Waals surface area contributed by atoms with E-state index in [1.165, 1.54) is 24.3 Å². The molecule has 0 spiro atoms. The molecular weight excluding hydrogens is 469 g/mol. The van der Waals surface area contributed by atoms with E-state index in [0.717, 1.165) is 5.56 Å². The van der Waals surface area contributed by atoms with Crippen molar-refractivity contribution >= 4 is 32.8 Å². The third-order valence-corrected chi connectivity index (χ3v) is 5.74. The number of fused-ring (bicyclic) bond motifs is 1. The van der Waals surface area contributed by atoms with E-state index in [2.05, 4.69) is 25.6 Å². The molecule has 2 heterocycles. The zero-order valence-electron chi connectivity index (χ0n) is 17.5. The molecule has 4 rings (SSSR count). The molecule has 0 bridgehead atoms. The Hall–Kier alpha value is -3.77. The minimum absolute atomic E-state index is 0.0141. The highest BCUT2D eigenvalue weighted by molar-refractivity contribution is 7.89. The van der Waals surface area contributed by atoms with E-state index in [1.807, 2.05) is 0 Å². The second-order valence-electron chi connectivity index (χ2n) is 7.28. The van der Waals surface area contributed by atoms with Gasteiger partial charge in [0.2, 0.25) is 16.0 Å². The molecule has 0 saturated carbocycles. The van der Waals surface area contributed by atoms with Crippen molar-refractivity contribution in [3.63, 3.8) is 0 Å². The summed E-state index contributed by atoms with van der Waals surface area (Å²) in [5, 5.41) is 10.7. The maximum Gasteiger partial charge on any atom is 0.255 e. The van der Waals surface area contributed by atoms with E-state index in [9.17, 15) is 21.6 Å². The molecule has 0 aliphatic rings. The molecule has 8 nitrogen and oxygen atoms in total. The summed E-state index contributed by atoms with van der Waals surface area (Å²) in [7, 11) is -3.80. The maximum absolute atomic E-state index is 13.2. The van der Waals surface area contributed by atoms with E-state index in [1.54, 1.807) is 36.4 Å². The third kappa shape index (κ3) is 5.58. The topological polar surface area (TPSA) is 123 Å². The van der Waals surface area contributed by atoms with E-state index in [4.69, 9.17) is 5.14 Å². The number of pyridine rings is 1. The zero-order valence-corrected chi connectivity index (χ0v) is 18.4. The fraction of sp³-hybridized carbons (Fsp3) is 0.136. The molecule has 0 atom stereocenters. The molecule has 34 heavy (non-hydrogen) atoms. The smallest absolute Gasteiger partial charge is 0.255 e. The van der Waals surface area contributed by atoms with E-state index < -0.39 is 23.0 Å². The number of benzene rings is 2. The minimum Gasteiger partial charge on any atom is -0.362 e. The molecule has 0 aliphatic heterocycles. The van der Waals surface area contributed by atoms with Crippen molar-refractivity contribution in [3.05, 3.63) is 72.0 Å². The van der Waals surface area contributed by atoms with E-state index in [-0.39, 0.29) is 34.5 Å². The number of halogens is 3. The van der Waals surface area contributed by atoms with E-state index in [0.29, 0.717) is 16.8 Å². The van der Waals surface area contributed by atoms with Gasteiger partial charge >= 0.3 is 0 Å². The van der Waals surface area contributed by atoms with Gasteiger partial charge in [0, 0.05) is 12.1 Å². The Bertz CT molecular complexity index is 1420. The quantitative estimate of drug-likeness (QED) is 0.345. The first-order valence-electron chi connectivity index (χ1n) is 10.0. The summed E-state index contributed by atoms with van der Waals surface area (Å²) in [4.78, 5) is 13.2. The molecule has 4 aromatic rings. The van der Waals surface area contributed by atoms with Crippen molar-refractivity contribution < 1.29 is 21.6 Å². The highest BCUT2D eigenvalue weighted by atomic mass is 32.2. The van der Waals surface area contributed by atoms with Crippen molar-refractivity contribution in [2.45, 2.75) is 17.9 Å². The maximum atomic E-state index is 13.2. The van der Waals surface area contributed by atoms with Gasteiger partial charge in [-0.15, -0.1) is 0 Å². The SMILES string of the molecule is NS(=O)(=O)c1ccc(CNc2nc(NCC(F)F)c3nc(-c4ccc(F)cc4)ccc3n2)cc1. The number of primary sulfonamides is 1. The first kappa shape index (κ1) is 23.4. The van der Waals surface area contributed by atoms with Gasteiger partial charge in [-0.1, -0.05) is 12.1 Å². The highest BCUT2D eigenvalue weighted by Gasteiger charge is 2.13. The van der Waals surface area contributed by atoms with Crippen molar-refractivity contribution in [3.8, 4) is 11.3 Å². The Balaban J connectivity index is 1.63. The number of aromatic nitrogens is 3. The Morgan fingerprint density at radius 3 is 2.24 bits per heavy atom.